The molecule has 0 spiro atoms. The van der Waals surface area contributed by atoms with Crippen LogP contribution in [0.5, 0.6) is 0 Å². The van der Waals surface area contributed by atoms with Crippen LogP contribution in [-0.2, 0) is 14.3 Å². The summed E-state index contributed by atoms with van der Waals surface area (Å²) >= 11 is 0. The lowest BCUT2D eigenvalue weighted by molar-refractivity contribution is -0.135. The van der Waals surface area contributed by atoms with E-state index in [0.717, 1.165) is 0 Å². The normalized spacial score (nSPS) is 8.43. The summed E-state index contributed by atoms with van der Waals surface area (Å²) in [6, 6.07) is 0. The zero-order chi connectivity index (χ0) is 11.6. The van der Waals surface area contributed by atoms with Gasteiger partial charge in [-0.15, -0.1) is 0 Å². The highest BCUT2D eigenvalue weighted by atomic mass is 16.5. The first-order valence-electron chi connectivity index (χ1n) is 3.75. The van der Waals surface area contributed by atoms with Gasteiger partial charge in [0, 0.05) is 12.5 Å². The van der Waals surface area contributed by atoms with Gasteiger partial charge in [0.2, 0.25) is 0 Å². The van der Waals surface area contributed by atoms with E-state index in [2.05, 4.69) is 17.9 Å². The van der Waals surface area contributed by atoms with Crippen LogP contribution in [0.25, 0.3) is 0 Å². The first-order valence-corrected chi connectivity index (χ1v) is 3.75. The Morgan fingerprint density at radius 1 is 1.36 bits per heavy atom. The van der Waals surface area contributed by atoms with E-state index in [0.29, 0.717) is 0 Å². The molecule has 0 unspecified atom stereocenters. The van der Waals surface area contributed by atoms with Gasteiger partial charge in [-0.05, 0) is 13.0 Å². The van der Waals surface area contributed by atoms with Crippen molar-refractivity contribution in [2.75, 3.05) is 0 Å². The second-order valence-corrected chi connectivity index (χ2v) is 2.26. The van der Waals surface area contributed by atoms with Crippen molar-refractivity contribution >= 4 is 11.9 Å². The summed E-state index contributed by atoms with van der Waals surface area (Å²) in [7, 11) is 0. The standard InChI is InChI=1S/C6H8O2.C4H6O2/c1-3-4-5-8-6(2)7;1-3(2)4(5)6/h3-5H,1H2,2H3;1H2,2H3,(H,5,6). The number of ether oxygens (including phenoxy) is 1. The molecule has 0 aromatic carbocycles. The SMILES string of the molecule is C=C(C)C(=O)O.C=CC=COC(C)=O. The van der Waals surface area contributed by atoms with E-state index in [-0.39, 0.29) is 11.5 Å². The van der Waals surface area contributed by atoms with Crippen LogP contribution >= 0.6 is 0 Å². The van der Waals surface area contributed by atoms with Gasteiger partial charge in [-0.25, -0.2) is 4.79 Å². The Morgan fingerprint density at radius 2 is 1.79 bits per heavy atom. The summed E-state index contributed by atoms with van der Waals surface area (Å²) in [6.07, 6.45) is 4.36. The van der Waals surface area contributed by atoms with Crippen molar-refractivity contribution in [3.05, 3.63) is 37.1 Å². The summed E-state index contributed by atoms with van der Waals surface area (Å²) in [6.45, 7) is 9.32. The molecule has 4 nitrogen and oxygen atoms in total. The fraction of sp³-hybridized carbons (Fsp3) is 0.200. The third-order valence-corrected chi connectivity index (χ3v) is 0.814. The number of carbonyl (C=O) groups excluding carboxylic acids is 1. The Labute approximate surface area is 83.2 Å². The first-order chi connectivity index (χ1) is 6.41. The molecule has 14 heavy (non-hydrogen) atoms. The minimum absolute atomic E-state index is 0.176. The smallest absolute Gasteiger partial charge is 0.330 e. The summed E-state index contributed by atoms with van der Waals surface area (Å²) in [5.41, 5.74) is 0.176. The minimum atomic E-state index is -0.935. The topological polar surface area (TPSA) is 63.6 Å². The average molecular weight is 198 g/mol. The lowest BCUT2D eigenvalue weighted by Gasteiger charge is -1.85. The van der Waals surface area contributed by atoms with E-state index in [1.54, 1.807) is 6.08 Å². The van der Waals surface area contributed by atoms with E-state index in [1.807, 2.05) is 0 Å². The molecule has 0 saturated heterocycles. The predicted octanol–water partition coefficient (Wildman–Crippen LogP) is 1.90. The molecule has 0 amide bonds. The molecule has 0 aliphatic carbocycles. The maximum atomic E-state index is 10.0. The average Bonchev–Trinajstić information content (AvgIpc) is 2.05. The molecular formula is C10H14O4. The number of esters is 1. The second kappa shape index (κ2) is 9.25. The molecule has 0 heterocycles. The first kappa shape index (κ1) is 14.7. The van der Waals surface area contributed by atoms with Crippen LogP contribution in [0.1, 0.15) is 13.8 Å². The number of aliphatic carboxylic acids is 1. The number of hydrogen-bond acceptors (Lipinski definition) is 3. The van der Waals surface area contributed by atoms with Crippen molar-refractivity contribution in [2.45, 2.75) is 13.8 Å². The summed E-state index contributed by atoms with van der Waals surface area (Å²) in [5.74, 6) is -1.25. The molecule has 1 N–H and O–H groups in total. The van der Waals surface area contributed by atoms with Crippen molar-refractivity contribution in [3.8, 4) is 0 Å². The van der Waals surface area contributed by atoms with Crippen molar-refractivity contribution < 1.29 is 19.4 Å². The van der Waals surface area contributed by atoms with Gasteiger partial charge in [0.05, 0.1) is 6.26 Å². The lowest BCUT2D eigenvalue weighted by Crippen LogP contribution is -1.92. The largest absolute Gasteiger partial charge is 0.478 e. The molecule has 4 heteroatoms. The summed E-state index contributed by atoms with van der Waals surface area (Å²) in [5, 5.41) is 7.89. The number of carbonyl (C=O) groups is 2. The molecule has 0 fully saturated rings. The number of hydrogen-bond donors (Lipinski definition) is 1. The van der Waals surface area contributed by atoms with Crippen molar-refractivity contribution in [1.82, 2.24) is 0 Å². The fourth-order valence-corrected chi connectivity index (χ4v) is 0.191. The van der Waals surface area contributed by atoms with E-state index >= 15 is 0 Å². The van der Waals surface area contributed by atoms with Gasteiger partial charge in [0.25, 0.3) is 0 Å². The molecule has 0 aliphatic rings. The molecule has 0 saturated carbocycles. The van der Waals surface area contributed by atoms with Crippen LogP contribution in [0.15, 0.2) is 37.1 Å². The Balaban J connectivity index is 0. The molecule has 0 atom stereocenters. The van der Waals surface area contributed by atoms with Gasteiger partial charge in [-0.1, -0.05) is 19.2 Å². The number of carboxylic acids is 1. The summed E-state index contributed by atoms with van der Waals surface area (Å²) in [4.78, 5) is 19.6. The van der Waals surface area contributed by atoms with Crippen molar-refractivity contribution in [1.29, 1.82) is 0 Å². The van der Waals surface area contributed by atoms with Gasteiger partial charge in [-0.3, -0.25) is 4.79 Å². The molecule has 0 aromatic heterocycles. The van der Waals surface area contributed by atoms with Crippen molar-refractivity contribution in [2.24, 2.45) is 0 Å². The second-order valence-electron chi connectivity index (χ2n) is 2.26. The highest BCUT2D eigenvalue weighted by Gasteiger charge is 1.90. The third kappa shape index (κ3) is 16.6. The van der Waals surface area contributed by atoms with Gasteiger partial charge in [0.15, 0.2) is 0 Å². The molecule has 0 radical (unpaired) electrons. The highest BCUT2D eigenvalue weighted by Crippen LogP contribution is 1.81. The van der Waals surface area contributed by atoms with E-state index in [9.17, 15) is 9.59 Å². The summed E-state index contributed by atoms with van der Waals surface area (Å²) < 4.78 is 4.39. The minimum Gasteiger partial charge on any atom is -0.478 e. The van der Waals surface area contributed by atoms with Crippen LogP contribution in [0.4, 0.5) is 0 Å². The van der Waals surface area contributed by atoms with E-state index < -0.39 is 5.97 Å². The Kier molecular flexibility index (Phi) is 9.69. The predicted molar refractivity (Wildman–Crippen MR) is 53.6 cm³/mol. The molecule has 0 rings (SSSR count). The lowest BCUT2D eigenvalue weighted by atomic mass is 10.4. The van der Waals surface area contributed by atoms with Gasteiger partial charge in [0.1, 0.15) is 0 Å². The Bertz CT molecular complexity index is 239. The maximum Gasteiger partial charge on any atom is 0.330 e. The molecule has 0 aliphatic heterocycles. The number of allylic oxidation sites excluding steroid dienone is 2. The van der Waals surface area contributed by atoms with Gasteiger partial charge in [-0.2, -0.15) is 0 Å². The number of rotatable bonds is 3. The zero-order valence-electron chi connectivity index (χ0n) is 8.32. The fourth-order valence-electron chi connectivity index (χ4n) is 0.191. The molecular weight excluding hydrogens is 184 g/mol. The zero-order valence-corrected chi connectivity index (χ0v) is 8.32. The molecule has 0 bridgehead atoms. The maximum absolute atomic E-state index is 10.0. The quantitative estimate of drug-likeness (QED) is 0.325. The van der Waals surface area contributed by atoms with Crippen molar-refractivity contribution in [3.63, 3.8) is 0 Å². The molecule has 78 valence electrons. The Hall–Kier alpha value is -1.84. The Morgan fingerprint density at radius 3 is 2.00 bits per heavy atom. The van der Waals surface area contributed by atoms with Crippen LogP contribution < -0.4 is 0 Å². The highest BCUT2D eigenvalue weighted by molar-refractivity contribution is 5.84. The van der Waals surface area contributed by atoms with Crippen LogP contribution in [0, 0.1) is 0 Å². The van der Waals surface area contributed by atoms with Crippen LogP contribution in [0.2, 0.25) is 0 Å². The molecule has 0 aromatic rings. The van der Waals surface area contributed by atoms with Gasteiger partial charge >= 0.3 is 11.9 Å². The van der Waals surface area contributed by atoms with Gasteiger partial charge < -0.3 is 9.84 Å². The van der Waals surface area contributed by atoms with Crippen LogP contribution in [-0.4, -0.2) is 17.0 Å². The van der Waals surface area contributed by atoms with E-state index in [4.69, 9.17) is 5.11 Å². The van der Waals surface area contributed by atoms with E-state index in [1.165, 1.54) is 26.2 Å². The van der Waals surface area contributed by atoms with Crippen LogP contribution in [0.3, 0.4) is 0 Å². The third-order valence-electron chi connectivity index (χ3n) is 0.814. The monoisotopic (exact) mass is 198 g/mol. The number of carboxylic acid groups (broad SMARTS) is 1.